The number of anilines is 3. The number of hydrogen-bond acceptors (Lipinski definition) is 9. The Morgan fingerprint density at radius 1 is 1.23 bits per heavy atom. The average Bonchev–Trinajstić information content (AvgIpc) is 3.44. The number of amides is 1. The van der Waals surface area contributed by atoms with Crippen LogP contribution < -0.4 is 21.3 Å². The molecule has 1 fully saturated rings. The highest BCUT2D eigenvalue weighted by Crippen LogP contribution is 2.30. The summed E-state index contributed by atoms with van der Waals surface area (Å²) in [7, 11) is 0. The van der Waals surface area contributed by atoms with E-state index in [4.69, 9.17) is 0 Å². The second-order valence-electron chi connectivity index (χ2n) is 6.94. The zero-order valence-electron chi connectivity index (χ0n) is 16.7. The Morgan fingerprint density at radius 2 is 2.07 bits per heavy atom. The van der Waals surface area contributed by atoms with Crippen LogP contribution in [0.1, 0.15) is 18.7 Å². The van der Waals surface area contributed by atoms with Crippen molar-refractivity contribution in [3.63, 3.8) is 0 Å². The first-order valence-corrected chi connectivity index (χ1v) is 10.7. The molecule has 0 aromatic carbocycles. The van der Waals surface area contributed by atoms with Crippen LogP contribution in [0.3, 0.4) is 0 Å². The number of thiazole rings is 1. The molecule has 1 unspecified atom stereocenters. The van der Waals surface area contributed by atoms with Crippen molar-refractivity contribution in [2.45, 2.75) is 25.8 Å². The summed E-state index contributed by atoms with van der Waals surface area (Å²) in [5.74, 6) is 2.07. The van der Waals surface area contributed by atoms with Gasteiger partial charge >= 0.3 is 0 Å². The normalized spacial score (nSPS) is 15.7. The number of nitrogens with zero attached hydrogens (tertiary/aromatic N) is 4. The lowest BCUT2D eigenvalue weighted by Crippen LogP contribution is -2.42. The molecule has 10 heteroatoms. The lowest BCUT2D eigenvalue weighted by Gasteiger charge is -2.12. The van der Waals surface area contributed by atoms with Crippen molar-refractivity contribution < 1.29 is 4.79 Å². The van der Waals surface area contributed by atoms with Crippen molar-refractivity contribution >= 4 is 34.0 Å². The third kappa shape index (κ3) is 5.28. The summed E-state index contributed by atoms with van der Waals surface area (Å²) in [6.45, 7) is 3.87. The number of hydrogen-bond donors (Lipinski definition) is 4. The molecular weight excluding hydrogens is 400 g/mol. The molecule has 1 aliphatic rings. The first-order chi connectivity index (χ1) is 14.7. The van der Waals surface area contributed by atoms with E-state index < -0.39 is 0 Å². The van der Waals surface area contributed by atoms with Gasteiger partial charge in [0.15, 0.2) is 5.13 Å². The first-order valence-electron chi connectivity index (χ1n) is 9.91. The van der Waals surface area contributed by atoms with Crippen LogP contribution >= 0.6 is 11.3 Å². The second kappa shape index (κ2) is 9.59. The van der Waals surface area contributed by atoms with Crippen LogP contribution in [-0.2, 0) is 4.79 Å². The van der Waals surface area contributed by atoms with Gasteiger partial charge < -0.3 is 21.3 Å². The van der Waals surface area contributed by atoms with Crippen LogP contribution in [0.25, 0.3) is 10.4 Å². The fourth-order valence-corrected chi connectivity index (χ4v) is 4.05. The van der Waals surface area contributed by atoms with Crippen LogP contribution in [0.5, 0.6) is 0 Å². The molecule has 3 aromatic rings. The molecule has 30 heavy (non-hydrogen) atoms. The summed E-state index contributed by atoms with van der Waals surface area (Å²) in [6.07, 6.45) is 7.31. The van der Waals surface area contributed by atoms with Gasteiger partial charge in [-0.05, 0) is 44.0 Å². The molecule has 9 nitrogen and oxygen atoms in total. The lowest BCUT2D eigenvalue weighted by molar-refractivity contribution is -0.122. The van der Waals surface area contributed by atoms with E-state index in [1.165, 1.54) is 0 Å². The lowest BCUT2D eigenvalue weighted by atomic mass is 10.2. The molecule has 0 saturated carbocycles. The van der Waals surface area contributed by atoms with Crippen LogP contribution in [-0.4, -0.2) is 51.5 Å². The van der Waals surface area contributed by atoms with Crippen LogP contribution in [0, 0.1) is 6.92 Å². The fraction of sp³-hybridized carbons (Fsp3) is 0.350. The highest BCUT2D eigenvalue weighted by molar-refractivity contribution is 7.18. The summed E-state index contributed by atoms with van der Waals surface area (Å²) >= 11 is 1.54. The minimum absolute atomic E-state index is 0.0579. The minimum atomic E-state index is -0.0579. The molecule has 1 atom stereocenters. The van der Waals surface area contributed by atoms with Crippen molar-refractivity contribution in [2.75, 3.05) is 30.3 Å². The van der Waals surface area contributed by atoms with E-state index in [1.54, 1.807) is 23.7 Å². The van der Waals surface area contributed by atoms with Gasteiger partial charge in [0.2, 0.25) is 5.91 Å². The van der Waals surface area contributed by atoms with Crippen molar-refractivity contribution in [2.24, 2.45) is 0 Å². The molecule has 0 bridgehead atoms. The van der Waals surface area contributed by atoms with Crippen molar-refractivity contribution in [1.82, 2.24) is 30.6 Å². The predicted molar refractivity (Wildman–Crippen MR) is 118 cm³/mol. The Kier molecular flexibility index (Phi) is 6.45. The maximum Gasteiger partial charge on any atom is 0.237 e. The first kappa shape index (κ1) is 20.2. The van der Waals surface area contributed by atoms with Gasteiger partial charge in [-0.1, -0.05) is 11.3 Å². The molecular formula is C20H24N8OS. The monoisotopic (exact) mass is 424 g/mol. The van der Waals surface area contributed by atoms with Crippen LogP contribution in [0.2, 0.25) is 0 Å². The number of nitrogens with one attached hydrogen (secondary N) is 4. The van der Waals surface area contributed by atoms with Crippen molar-refractivity contribution in [3.05, 3.63) is 42.6 Å². The molecule has 4 N–H and O–H groups in total. The van der Waals surface area contributed by atoms with E-state index in [2.05, 4.69) is 41.2 Å². The average molecular weight is 425 g/mol. The Morgan fingerprint density at radius 3 is 2.87 bits per heavy atom. The maximum absolute atomic E-state index is 12.0. The second-order valence-corrected chi connectivity index (χ2v) is 7.97. The quantitative estimate of drug-likeness (QED) is 0.407. The number of carbonyl (C=O) groups excluding carboxylic acids is 1. The van der Waals surface area contributed by atoms with Gasteiger partial charge in [0.1, 0.15) is 17.5 Å². The van der Waals surface area contributed by atoms with Crippen LogP contribution in [0.4, 0.5) is 16.8 Å². The van der Waals surface area contributed by atoms with Gasteiger partial charge in [0.25, 0.3) is 0 Å². The fourth-order valence-electron chi connectivity index (χ4n) is 3.22. The standard InChI is InChI=1S/C20H24N8OS/c1-13-26-17(23-9-10-24-19(29)15-3-2-6-22-15)11-18(27-13)28-20-25-12-16(30-20)14-4-7-21-8-5-14/h4-5,7-8,11-12,15,22H,2-3,6,9-10H2,1H3,(H,24,29)(H2,23,25,26,27,28). The largest absolute Gasteiger partial charge is 0.368 e. The van der Waals surface area contributed by atoms with E-state index in [0.717, 1.165) is 35.0 Å². The van der Waals surface area contributed by atoms with Crippen LogP contribution in [0.15, 0.2) is 36.8 Å². The molecule has 4 heterocycles. The molecule has 0 spiro atoms. The Labute approximate surface area is 178 Å². The third-order valence-electron chi connectivity index (χ3n) is 4.65. The molecule has 3 aromatic heterocycles. The molecule has 4 rings (SSSR count). The number of rotatable bonds is 8. The smallest absolute Gasteiger partial charge is 0.237 e. The topological polar surface area (TPSA) is 117 Å². The Bertz CT molecular complexity index is 987. The Hall–Kier alpha value is -3.11. The number of pyridine rings is 1. The molecule has 1 amide bonds. The number of carbonyl (C=O) groups is 1. The SMILES string of the molecule is Cc1nc(NCCNC(=O)C2CCCN2)cc(Nc2ncc(-c3ccncc3)s2)n1. The zero-order valence-corrected chi connectivity index (χ0v) is 17.5. The summed E-state index contributed by atoms with van der Waals surface area (Å²) in [6, 6.07) is 5.68. The van der Waals surface area contributed by atoms with E-state index in [1.807, 2.05) is 31.3 Å². The molecule has 0 radical (unpaired) electrons. The van der Waals surface area contributed by atoms with Crippen molar-refractivity contribution in [3.8, 4) is 10.4 Å². The van der Waals surface area contributed by atoms with E-state index in [9.17, 15) is 4.79 Å². The molecule has 1 saturated heterocycles. The predicted octanol–water partition coefficient (Wildman–Crippen LogP) is 2.33. The molecule has 156 valence electrons. The van der Waals surface area contributed by atoms with Gasteiger partial charge in [-0.15, -0.1) is 0 Å². The third-order valence-corrected chi connectivity index (χ3v) is 5.61. The summed E-state index contributed by atoms with van der Waals surface area (Å²) in [5.41, 5.74) is 1.08. The van der Waals surface area contributed by atoms with E-state index in [-0.39, 0.29) is 11.9 Å². The molecule has 0 aliphatic carbocycles. The van der Waals surface area contributed by atoms with Gasteiger partial charge in [-0.25, -0.2) is 15.0 Å². The number of aromatic nitrogens is 4. The highest BCUT2D eigenvalue weighted by Gasteiger charge is 2.21. The highest BCUT2D eigenvalue weighted by atomic mass is 32.1. The Balaban J connectivity index is 1.32. The zero-order chi connectivity index (χ0) is 20.8. The van der Waals surface area contributed by atoms with E-state index >= 15 is 0 Å². The molecule has 1 aliphatic heterocycles. The summed E-state index contributed by atoms with van der Waals surface area (Å²) in [5, 5.41) is 13.4. The summed E-state index contributed by atoms with van der Waals surface area (Å²) in [4.78, 5) is 30.4. The van der Waals surface area contributed by atoms with E-state index in [0.29, 0.717) is 30.5 Å². The minimum Gasteiger partial charge on any atom is -0.368 e. The van der Waals surface area contributed by atoms with Gasteiger partial charge in [-0.3, -0.25) is 9.78 Å². The van der Waals surface area contributed by atoms with Gasteiger partial charge in [0, 0.05) is 37.7 Å². The van der Waals surface area contributed by atoms with Gasteiger partial charge in [-0.2, -0.15) is 0 Å². The summed E-state index contributed by atoms with van der Waals surface area (Å²) < 4.78 is 0. The van der Waals surface area contributed by atoms with Crippen molar-refractivity contribution in [1.29, 1.82) is 0 Å². The number of aryl methyl sites for hydroxylation is 1. The maximum atomic E-state index is 12.0. The van der Waals surface area contributed by atoms with Gasteiger partial charge in [0.05, 0.1) is 10.9 Å².